The minimum Gasteiger partial charge on any atom is -0.496 e. The van der Waals surface area contributed by atoms with Gasteiger partial charge in [0.05, 0.1) is 23.4 Å². The molecule has 0 heterocycles. The highest BCUT2D eigenvalue weighted by Gasteiger charge is 2.20. The highest BCUT2D eigenvalue weighted by molar-refractivity contribution is 6.33. The summed E-state index contributed by atoms with van der Waals surface area (Å²) in [4.78, 5) is 12.1. The maximum atomic E-state index is 12.1. The number of nitrogens with one attached hydrogen (secondary N) is 2. The van der Waals surface area contributed by atoms with Gasteiger partial charge in [-0.05, 0) is 24.9 Å². The highest BCUT2D eigenvalue weighted by atomic mass is 35.5. The van der Waals surface area contributed by atoms with Crippen molar-refractivity contribution in [3.05, 3.63) is 22.7 Å². The monoisotopic (exact) mass is 311 g/mol. The van der Waals surface area contributed by atoms with Crippen molar-refractivity contribution in [1.82, 2.24) is 10.6 Å². The van der Waals surface area contributed by atoms with Crippen LogP contribution in [0.1, 0.15) is 29.6 Å². The average molecular weight is 312 g/mol. The molecule has 0 aliphatic heterocycles. The third-order valence-corrected chi connectivity index (χ3v) is 3.90. The fraction of sp³-hybridized carbons (Fsp3) is 0.533. The van der Waals surface area contributed by atoms with Crippen LogP contribution in [0.2, 0.25) is 5.02 Å². The van der Waals surface area contributed by atoms with E-state index in [2.05, 4.69) is 10.6 Å². The van der Waals surface area contributed by atoms with E-state index >= 15 is 0 Å². The van der Waals surface area contributed by atoms with Gasteiger partial charge in [-0.1, -0.05) is 24.4 Å². The molecule has 0 radical (unpaired) electrons. The summed E-state index contributed by atoms with van der Waals surface area (Å²) in [6.07, 6.45) is 3.97. The van der Waals surface area contributed by atoms with Crippen molar-refractivity contribution in [2.75, 3.05) is 32.5 Å². The first-order valence-electron chi connectivity index (χ1n) is 7.23. The number of halogens is 1. The van der Waals surface area contributed by atoms with Crippen LogP contribution in [0.15, 0.2) is 12.1 Å². The summed E-state index contributed by atoms with van der Waals surface area (Å²) in [6.45, 7) is 2.33. The van der Waals surface area contributed by atoms with Crippen molar-refractivity contribution >= 4 is 23.2 Å². The second-order valence-corrected chi connectivity index (χ2v) is 5.72. The van der Waals surface area contributed by atoms with Crippen molar-refractivity contribution in [3.8, 4) is 5.75 Å². The first kappa shape index (κ1) is 15.9. The highest BCUT2D eigenvalue weighted by Crippen LogP contribution is 2.31. The van der Waals surface area contributed by atoms with Gasteiger partial charge in [0.15, 0.2) is 0 Å². The molecule has 4 N–H and O–H groups in total. The van der Waals surface area contributed by atoms with Crippen molar-refractivity contribution in [2.45, 2.75) is 19.3 Å². The fourth-order valence-electron chi connectivity index (χ4n) is 2.11. The molecule has 1 aromatic carbocycles. The lowest BCUT2D eigenvalue weighted by molar-refractivity contribution is 0.0951. The van der Waals surface area contributed by atoms with Gasteiger partial charge < -0.3 is 21.1 Å². The predicted octanol–water partition coefficient (Wildman–Crippen LogP) is 2.05. The molecule has 1 aromatic rings. The van der Waals surface area contributed by atoms with Crippen LogP contribution in [0.25, 0.3) is 0 Å². The van der Waals surface area contributed by atoms with Crippen molar-refractivity contribution in [3.63, 3.8) is 0 Å². The first-order valence-corrected chi connectivity index (χ1v) is 7.61. The summed E-state index contributed by atoms with van der Waals surface area (Å²) in [5.74, 6) is 1.14. The fourth-order valence-corrected chi connectivity index (χ4v) is 2.28. The zero-order valence-corrected chi connectivity index (χ0v) is 13.0. The molecule has 6 heteroatoms. The van der Waals surface area contributed by atoms with E-state index in [1.165, 1.54) is 32.4 Å². The summed E-state index contributed by atoms with van der Waals surface area (Å²) in [5, 5.41) is 6.51. The standard InChI is InChI=1S/C15H22ClN3O2/c1-21-14-9-13(17)12(16)8-11(14)15(20)19-7-6-18-5-4-10-2-3-10/h8-10,18H,2-7,17H2,1H3,(H,19,20). The molecule has 2 rings (SSSR count). The second-order valence-electron chi connectivity index (χ2n) is 5.31. The SMILES string of the molecule is COc1cc(N)c(Cl)cc1C(=O)NCCNCCC1CC1. The molecule has 1 saturated carbocycles. The van der Waals surface area contributed by atoms with Crippen LogP contribution >= 0.6 is 11.6 Å². The minimum absolute atomic E-state index is 0.210. The van der Waals surface area contributed by atoms with E-state index in [9.17, 15) is 4.79 Å². The van der Waals surface area contributed by atoms with Crippen molar-refractivity contribution in [2.24, 2.45) is 5.92 Å². The Kier molecular flexibility index (Phi) is 5.70. The normalized spacial score (nSPS) is 14.0. The maximum Gasteiger partial charge on any atom is 0.255 e. The van der Waals surface area contributed by atoms with Crippen molar-refractivity contribution in [1.29, 1.82) is 0 Å². The molecule has 0 atom stereocenters. The summed E-state index contributed by atoms with van der Waals surface area (Å²) in [7, 11) is 1.50. The number of amides is 1. The average Bonchev–Trinajstić information content (AvgIpc) is 3.29. The van der Waals surface area contributed by atoms with Crippen LogP contribution in [-0.4, -0.2) is 32.7 Å². The topological polar surface area (TPSA) is 76.4 Å². The second kappa shape index (κ2) is 7.52. The van der Waals surface area contributed by atoms with Crippen LogP contribution in [0.5, 0.6) is 5.75 Å². The summed E-state index contributed by atoms with van der Waals surface area (Å²) in [5.41, 5.74) is 6.49. The smallest absolute Gasteiger partial charge is 0.255 e. The Hall–Kier alpha value is -1.46. The Morgan fingerprint density at radius 1 is 1.38 bits per heavy atom. The molecule has 0 unspecified atom stereocenters. The molecule has 1 fully saturated rings. The predicted molar refractivity (Wildman–Crippen MR) is 85.0 cm³/mol. The molecule has 1 aliphatic rings. The number of benzene rings is 1. The molecular formula is C15H22ClN3O2. The third-order valence-electron chi connectivity index (χ3n) is 3.58. The number of hydrogen-bond acceptors (Lipinski definition) is 4. The number of nitrogens with two attached hydrogens (primary N) is 1. The number of methoxy groups -OCH3 is 1. The van der Waals surface area contributed by atoms with Gasteiger partial charge in [-0.15, -0.1) is 0 Å². The minimum atomic E-state index is -0.210. The summed E-state index contributed by atoms with van der Waals surface area (Å²) < 4.78 is 5.17. The van der Waals surface area contributed by atoms with Gasteiger partial charge >= 0.3 is 0 Å². The van der Waals surface area contributed by atoms with E-state index in [1.807, 2.05) is 0 Å². The van der Waals surface area contributed by atoms with E-state index in [0.29, 0.717) is 28.6 Å². The summed E-state index contributed by atoms with van der Waals surface area (Å²) >= 11 is 5.95. The molecule has 116 valence electrons. The Bertz CT molecular complexity index is 504. The lowest BCUT2D eigenvalue weighted by Crippen LogP contribution is -2.32. The van der Waals surface area contributed by atoms with Crippen molar-refractivity contribution < 1.29 is 9.53 Å². The van der Waals surface area contributed by atoms with E-state index in [1.54, 1.807) is 6.07 Å². The quantitative estimate of drug-likeness (QED) is 0.507. The van der Waals surface area contributed by atoms with E-state index in [0.717, 1.165) is 19.0 Å². The number of anilines is 1. The van der Waals surface area contributed by atoms with Gasteiger partial charge in [0.2, 0.25) is 0 Å². The van der Waals surface area contributed by atoms with Crippen LogP contribution in [-0.2, 0) is 0 Å². The van der Waals surface area contributed by atoms with Gasteiger partial charge in [-0.3, -0.25) is 4.79 Å². The molecule has 21 heavy (non-hydrogen) atoms. The molecule has 0 spiro atoms. The lowest BCUT2D eigenvalue weighted by Gasteiger charge is -2.11. The number of nitrogen functional groups attached to an aromatic ring is 1. The van der Waals surface area contributed by atoms with Crippen LogP contribution in [0.4, 0.5) is 5.69 Å². The summed E-state index contributed by atoms with van der Waals surface area (Å²) in [6, 6.07) is 3.09. The zero-order valence-electron chi connectivity index (χ0n) is 12.2. The maximum absolute atomic E-state index is 12.1. The number of carbonyl (C=O) groups is 1. The molecule has 1 amide bonds. The van der Waals surface area contributed by atoms with E-state index in [4.69, 9.17) is 22.1 Å². The van der Waals surface area contributed by atoms with Gasteiger partial charge in [-0.25, -0.2) is 0 Å². The Balaban J connectivity index is 1.77. The molecule has 0 bridgehead atoms. The molecule has 5 nitrogen and oxygen atoms in total. The number of carbonyl (C=O) groups excluding carboxylic acids is 1. The Morgan fingerprint density at radius 2 is 2.14 bits per heavy atom. The van der Waals surface area contributed by atoms with E-state index in [-0.39, 0.29) is 5.91 Å². The van der Waals surface area contributed by atoms with Crippen LogP contribution in [0, 0.1) is 5.92 Å². The van der Waals surface area contributed by atoms with Crippen LogP contribution in [0.3, 0.4) is 0 Å². The zero-order chi connectivity index (χ0) is 15.2. The van der Waals surface area contributed by atoms with Gasteiger partial charge in [0.25, 0.3) is 5.91 Å². The van der Waals surface area contributed by atoms with Gasteiger partial charge in [-0.2, -0.15) is 0 Å². The van der Waals surface area contributed by atoms with Gasteiger partial charge in [0.1, 0.15) is 5.75 Å². The largest absolute Gasteiger partial charge is 0.496 e. The van der Waals surface area contributed by atoms with Gasteiger partial charge in [0, 0.05) is 19.2 Å². The third kappa shape index (κ3) is 4.79. The molecule has 0 saturated heterocycles. The number of ether oxygens (including phenoxy) is 1. The number of hydrogen-bond donors (Lipinski definition) is 3. The molecule has 0 aromatic heterocycles. The molecule has 1 aliphatic carbocycles. The molecular weight excluding hydrogens is 290 g/mol. The van der Waals surface area contributed by atoms with Crippen LogP contribution < -0.4 is 21.1 Å². The first-order chi connectivity index (χ1) is 10.1. The number of rotatable bonds is 8. The Morgan fingerprint density at radius 3 is 2.81 bits per heavy atom. The Labute approximate surface area is 130 Å². The van der Waals surface area contributed by atoms with E-state index < -0.39 is 0 Å². The lowest BCUT2D eigenvalue weighted by atomic mass is 10.1.